The molecular weight excluding hydrogens is 379 g/mol. The SMILES string of the molecule is O=C1[C@H](Cc2c(Cl)cc(CF)c(F)c2F)CCN1C1CCc2[nH]ncc2C1. The number of carbonyl (C=O) groups excluding carboxylic acids is 1. The van der Waals surface area contributed by atoms with Gasteiger partial charge in [-0.05, 0) is 43.7 Å². The highest BCUT2D eigenvalue weighted by atomic mass is 35.5. The molecule has 2 heterocycles. The summed E-state index contributed by atoms with van der Waals surface area (Å²) < 4.78 is 41.0. The third-order valence-electron chi connectivity index (χ3n) is 5.71. The Balaban J connectivity index is 1.50. The number of rotatable bonds is 4. The number of aryl methyl sites for hydroxylation is 1. The van der Waals surface area contributed by atoms with E-state index in [1.165, 1.54) is 0 Å². The molecule has 2 atom stereocenters. The molecule has 1 aliphatic heterocycles. The zero-order valence-electron chi connectivity index (χ0n) is 14.6. The Labute approximate surface area is 159 Å². The van der Waals surface area contributed by atoms with Crippen LogP contribution in [0.2, 0.25) is 5.02 Å². The minimum atomic E-state index is -1.22. The second-order valence-corrected chi connectivity index (χ2v) is 7.66. The van der Waals surface area contributed by atoms with E-state index in [4.69, 9.17) is 11.6 Å². The predicted octanol–water partition coefficient (Wildman–Crippen LogP) is 3.76. The number of H-pyrrole nitrogens is 1. The van der Waals surface area contributed by atoms with Crippen molar-refractivity contribution >= 4 is 17.5 Å². The minimum Gasteiger partial charge on any atom is -0.339 e. The van der Waals surface area contributed by atoms with Crippen LogP contribution in [0.25, 0.3) is 0 Å². The number of aromatic amines is 1. The van der Waals surface area contributed by atoms with Gasteiger partial charge in [0.15, 0.2) is 11.6 Å². The molecule has 0 saturated carbocycles. The van der Waals surface area contributed by atoms with Crippen LogP contribution in [0.5, 0.6) is 0 Å². The zero-order chi connectivity index (χ0) is 19.1. The van der Waals surface area contributed by atoms with E-state index in [2.05, 4.69) is 10.2 Å². The molecule has 4 nitrogen and oxygen atoms in total. The van der Waals surface area contributed by atoms with Crippen LogP contribution >= 0.6 is 11.6 Å². The number of aromatic nitrogens is 2. The number of carbonyl (C=O) groups is 1. The summed E-state index contributed by atoms with van der Waals surface area (Å²) in [4.78, 5) is 14.7. The Kier molecular flexibility index (Phi) is 4.88. The zero-order valence-corrected chi connectivity index (χ0v) is 15.3. The van der Waals surface area contributed by atoms with Crippen LogP contribution in [-0.2, 0) is 30.7 Å². The molecule has 2 aliphatic rings. The summed E-state index contributed by atoms with van der Waals surface area (Å²) in [5, 5.41) is 6.99. The van der Waals surface area contributed by atoms with Crippen molar-refractivity contribution in [2.24, 2.45) is 5.92 Å². The van der Waals surface area contributed by atoms with Gasteiger partial charge in [-0.1, -0.05) is 11.6 Å². The van der Waals surface area contributed by atoms with Crippen LogP contribution in [0.4, 0.5) is 13.2 Å². The van der Waals surface area contributed by atoms with E-state index in [-0.39, 0.29) is 29.0 Å². The number of nitrogens with one attached hydrogen (secondary N) is 1. The first-order valence-corrected chi connectivity index (χ1v) is 9.40. The monoisotopic (exact) mass is 397 g/mol. The van der Waals surface area contributed by atoms with E-state index in [1.54, 1.807) is 6.20 Å². The highest BCUT2D eigenvalue weighted by molar-refractivity contribution is 6.31. The van der Waals surface area contributed by atoms with Crippen LogP contribution in [0.3, 0.4) is 0 Å². The summed E-state index contributed by atoms with van der Waals surface area (Å²) in [6, 6.07) is 1.20. The maximum absolute atomic E-state index is 14.3. The molecule has 0 radical (unpaired) electrons. The van der Waals surface area contributed by atoms with Crippen LogP contribution in [0.15, 0.2) is 12.3 Å². The third kappa shape index (κ3) is 3.22. The maximum atomic E-state index is 14.3. The number of likely N-dealkylation sites (tertiary alicyclic amines) is 1. The molecule has 144 valence electrons. The maximum Gasteiger partial charge on any atom is 0.226 e. The van der Waals surface area contributed by atoms with Gasteiger partial charge in [-0.2, -0.15) is 5.10 Å². The van der Waals surface area contributed by atoms with Gasteiger partial charge in [0.1, 0.15) is 6.67 Å². The van der Waals surface area contributed by atoms with Crippen LogP contribution in [0, 0.1) is 17.6 Å². The van der Waals surface area contributed by atoms with Crippen LogP contribution in [0.1, 0.15) is 35.2 Å². The molecule has 1 amide bonds. The predicted molar refractivity (Wildman–Crippen MR) is 94.1 cm³/mol. The van der Waals surface area contributed by atoms with E-state index in [9.17, 15) is 18.0 Å². The normalized spacial score (nSPS) is 22.4. The number of halogens is 4. The quantitative estimate of drug-likeness (QED) is 0.798. The standard InChI is InChI=1S/C19H19ClF3N3O/c20-15-7-11(8-21)17(22)18(23)14(15)6-10-3-4-26(19(10)27)13-1-2-16-12(5-13)9-24-25-16/h7,9-10,13H,1-6,8H2,(H,24,25)/t10-,13?/m0/s1. The van der Waals surface area contributed by atoms with E-state index in [0.717, 1.165) is 36.6 Å². The lowest BCUT2D eigenvalue weighted by Crippen LogP contribution is -2.41. The fraction of sp³-hybridized carbons (Fsp3) is 0.474. The van der Waals surface area contributed by atoms with Crippen molar-refractivity contribution in [1.82, 2.24) is 15.1 Å². The first kappa shape index (κ1) is 18.3. The van der Waals surface area contributed by atoms with Crippen molar-refractivity contribution in [1.29, 1.82) is 0 Å². The first-order valence-electron chi connectivity index (χ1n) is 9.02. The molecule has 1 aliphatic carbocycles. The number of nitrogens with zero attached hydrogens (tertiary/aromatic N) is 2. The van der Waals surface area contributed by atoms with Gasteiger partial charge in [0.2, 0.25) is 5.91 Å². The Bertz CT molecular complexity index is 885. The molecule has 1 unspecified atom stereocenters. The summed E-state index contributed by atoms with van der Waals surface area (Å²) in [5.74, 6) is -2.88. The van der Waals surface area contributed by atoms with Crippen LogP contribution in [-0.4, -0.2) is 33.6 Å². The highest BCUT2D eigenvalue weighted by Gasteiger charge is 2.38. The van der Waals surface area contributed by atoms with Crippen LogP contribution < -0.4 is 0 Å². The molecule has 2 aromatic rings. The van der Waals surface area contributed by atoms with Gasteiger partial charge in [-0.25, -0.2) is 13.2 Å². The van der Waals surface area contributed by atoms with Gasteiger partial charge >= 0.3 is 0 Å². The fourth-order valence-electron chi connectivity index (χ4n) is 4.19. The van der Waals surface area contributed by atoms with E-state index in [1.807, 2.05) is 4.90 Å². The molecule has 8 heteroatoms. The summed E-state index contributed by atoms with van der Waals surface area (Å²) in [6.07, 6.45) is 4.82. The molecule has 1 saturated heterocycles. The molecule has 27 heavy (non-hydrogen) atoms. The van der Waals surface area contributed by atoms with E-state index in [0.29, 0.717) is 13.0 Å². The van der Waals surface area contributed by atoms with E-state index < -0.39 is 29.8 Å². The van der Waals surface area contributed by atoms with Gasteiger partial charge < -0.3 is 4.90 Å². The lowest BCUT2D eigenvalue weighted by Gasteiger charge is -2.31. The minimum absolute atomic E-state index is 0.0210. The number of fused-ring (bicyclic) bond motifs is 1. The molecule has 4 rings (SSSR count). The van der Waals surface area contributed by atoms with Gasteiger partial charge in [-0.15, -0.1) is 0 Å². The molecular formula is C19H19ClF3N3O. The second kappa shape index (κ2) is 7.19. The van der Waals surface area contributed by atoms with Gasteiger partial charge in [-0.3, -0.25) is 9.89 Å². The fourth-order valence-corrected chi connectivity index (χ4v) is 4.48. The molecule has 1 N–H and O–H groups in total. The Morgan fingerprint density at radius 1 is 1.30 bits per heavy atom. The summed E-state index contributed by atoms with van der Waals surface area (Å²) >= 11 is 6.03. The first-order chi connectivity index (χ1) is 13.0. The molecule has 1 aromatic carbocycles. The average Bonchev–Trinajstić information content (AvgIpc) is 3.27. The number of benzene rings is 1. The molecule has 0 bridgehead atoms. The Hall–Kier alpha value is -2.02. The van der Waals surface area contributed by atoms with Gasteiger partial charge in [0.05, 0.1) is 6.20 Å². The number of amides is 1. The third-order valence-corrected chi connectivity index (χ3v) is 6.04. The van der Waals surface area contributed by atoms with E-state index >= 15 is 0 Å². The van der Waals surface area contributed by atoms with Crippen molar-refractivity contribution in [3.8, 4) is 0 Å². The lowest BCUT2D eigenvalue weighted by atomic mass is 9.92. The van der Waals surface area contributed by atoms with Crippen molar-refractivity contribution in [2.45, 2.75) is 44.8 Å². The van der Waals surface area contributed by atoms with Crippen molar-refractivity contribution in [3.05, 3.63) is 51.3 Å². The van der Waals surface area contributed by atoms with Gasteiger partial charge in [0, 0.05) is 40.3 Å². The second-order valence-electron chi connectivity index (χ2n) is 7.25. The summed E-state index contributed by atoms with van der Waals surface area (Å²) in [7, 11) is 0. The highest BCUT2D eigenvalue weighted by Crippen LogP contribution is 2.33. The average molecular weight is 398 g/mol. The molecule has 1 aromatic heterocycles. The molecule has 1 fully saturated rings. The van der Waals surface area contributed by atoms with Gasteiger partial charge in [0.25, 0.3) is 0 Å². The topological polar surface area (TPSA) is 49.0 Å². The number of hydrogen-bond acceptors (Lipinski definition) is 2. The smallest absolute Gasteiger partial charge is 0.226 e. The Morgan fingerprint density at radius 3 is 2.89 bits per heavy atom. The van der Waals surface area contributed by atoms with Crippen molar-refractivity contribution in [2.75, 3.05) is 6.54 Å². The lowest BCUT2D eigenvalue weighted by molar-refractivity contribution is -0.133. The largest absolute Gasteiger partial charge is 0.339 e. The number of hydrogen-bond donors (Lipinski definition) is 1. The van der Waals surface area contributed by atoms with Crippen molar-refractivity contribution in [3.63, 3.8) is 0 Å². The summed E-state index contributed by atoms with van der Waals surface area (Å²) in [6.45, 7) is -0.539. The van der Waals surface area contributed by atoms with Crippen molar-refractivity contribution < 1.29 is 18.0 Å². The number of alkyl halides is 1. The molecule has 0 spiro atoms. The Morgan fingerprint density at radius 2 is 2.11 bits per heavy atom. The summed E-state index contributed by atoms with van der Waals surface area (Å²) in [5.41, 5.74) is 1.79.